The fraction of sp³-hybridized carbons (Fsp3) is 0.333. The molecule has 9 heteroatoms. The van der Waals surface area contributed by atoms with E-state index in [1.54, 1.807) is 24.7 Å². The maximum absolute atomic E-state index is 13.7. The first-order chi connectivity index (χ1) is 15.6. The summed E-state index contributed by atoms with van der Waals surface area (Å²) in [6.07, 6.45) is 5.48. The van der Waals surface area contributed by atoms with Gasteiger partial charge in [0.15, 0.2) is 17.3 Å². The highest BCUT2D eigenvalue weighted by Gasteiger charge is 2.56. The topological polar surface area (TPSA) is 131 Å². The molecule has 3 N–H and O–H groups in total. The van der Waals surface area contributed by atoms with E-state index in [2.05, 4.69) is 10.4 Å². The number of ketones is 3. The molecule has 172 valence electrons. The van der Waals surface area contributed by atoms with Crippen LogP contribution in [-0.2, 0) is 21.5 Å². The number of allylic oxidation sites excluding steroid dienone is 4. The smallest absolute Gasteiger partial charge is 0.194 e. The van der Waals surface area contributed by atoms with E-state index < -0.39 is 28.5 Å². The van der Waals surface area contributed by atoms with Crippen molar-refractivity contribution in [2.24, 2.45) is 0 Å². The first-order valence-corrected chi connectivity index (χ1v) is 10.6. The minimum atomic E-state index is -1.51. The number of hydrogen-bond donors (Lipinski definition) is 3. The van der Waals surface area contributed by atoms with E-state index in [-0.39, 0.29) is 39.5 Å². The van der Waals surface area contributed by atoms with E-state index in [0.29, 0.717) is 18.8 Å². The van der Waals surface area contributed by atoms with E-state index in [9.17, 15) is 24.6 Å². The lowest BCUT2D eigenvalue weighted by molar-refractivity contribution is -0.123. The third kappa shape index (κ3) is 3.31. The molecule has 1 aromatic carbocycles. The van der Waals surface area contributed by atoms with Gasteiger partial charge >= 0.3 is 0 Å². The molecule has 2 heterocycles. The van der Waals surface area contributed by atoms with E-state index in [0.717, 1.165) is 6.42 Å². The summed E-state index contributed by atoms with van der Waals surface area (Å²) in [5.41, 5.74) is -1.12. The van der Waals surface area contributed by atoms with Gasteiger partial charge < -0.3 is 20.3 Å². The Labute approximate surface area is 190 Å². The number of carbonyl (C=O) groups is 3. The van der Waals surface area contributed by atoms with E-state index in [4.69, 9.17) is 4.74 Å². The summed E-state index contributed by atoms with van der Waals surface area (Å²) in [7, 11) is 0. The number of benzene rings is 1. The lowest BCUT2D eigenvalue weighted by Crippen LogP contribution is -2.41. The number of hydrogen-bond acceptors (Lipinski definition) is 8. The number of nitrogens with one attached hydrogen (secondary N) is 1. The van der Waals surface area contributed by atoms with Gasteiger partial charge in [-0.25, -0.2) is 0 Å². The summed E-state index contributed by atoms with van der Waals surface area (Å²) < 4.78 is 7.55. The molecule has 0 saturated carbocycles. The van der Waals surface area contributed by atoms with Crippen LogP contribution in [0.3, 0.4) is 0 Å². The van der Waals surface area contributed by atoms with Crippen LogP contribution in [0.5, 0.6) is 17.2 Å². The van der Waals surface area contributed by atoms with Gasteiger partial charge in [-0.3, -0.25) is 19.1 Å². The van der Waals surface area contributed by atoms with Gasteiger partial charge in [-0.15, -0.1) is 0 Å². The average molecular weight is 451 g/mol. The molecule has 1 atom stereocenters. The molecule has 2 aromatic rings. The Balaban J connectivity index is 1.72. The number of phenols is 2. The molecule has 9 nitrogen and oxygen atoms in total. The molecule has 0 saturated heterocycles. The predicted octanol–water partition coefficient (Wildman–Crippen LogP) is 2.45. The van der Waals surface area contributed by atoms with Crippen LogP contribution < -0.4 is 10.1 Å². The normalized spacial score (nSPS) is 20.7. The van der Waals surface area contributed by atoms with E-state index in [1.807, 2.05) is 12.3 Å². The predicted molar refractivity (Wildman–Crippen MR) is 118 cm³/mol. The highest BCUT2D eigenvalue weighted by atomic mass is 16.5. The Hall–Kier alpha value is -3.88. The lowest BCUT2D eigenvalue weighted by Gasteiger charge is -2.29. The first-order valence-electron chi connectivity index (χ1n) is 10.6. The summed E-state index contributed by atoms with van der Waals surface area (Å²) >= 11 is 0. The number of fused-ring (bicyclic) bond motifs is 3. The average Bonchev–Trinajstić information content (AvgIpc) is 3.36. The second-order valence-electron chi connectivity index (χ2n) is 8.44. The molecular weight excluding hydrogens is 426 g/mol. The van der Waals surface area contributed by atoms with Crippen molar-refractivity contribution >= 4 is 17.3 Å². The van der Waals surface area contributed by atoms with E-state index >= 15 is 0 Å². The van der Waals surface area contributed by atoms with Crippen LogP contribution in [0.4, 0.5) is 0 Å². The van der Waals surface area contributed by atoms with Crippen molar-refractivity contribution in [3.05, 3.63) is 58.3 Å². The van der Waals surface area contributed by atoms with Crippen LogP contribution in [0.1, 0.15) is 48.7 Å². The van der Waals surface area contributed by atoms with Crippen LogP contribution >= 0.6 is 0 Å². The molecule has 0 radical (unpaired) electrons. The van der Waals surface area contributed by atoms with Gasteiger partial charge in [-0.05, 0) is 40.2 Å². The van der Waals surface area contributed by atoms with E-state index in [1.165, 1.54) is 19.9 Å². The molecular formula is C24H25N3O6. The molecule has 2 aliphatic rings. The summed E-state index contributed by atoms with van der Waals surface area (Å²) in [6.45, 7) is 7.10. The number of Topliss-reactive ketones (excluding diaryl/α,β-unsaturated/α-hetero) is 2. The zero-order valence-corrected chi connectivity index (χ0v) is 18.9. The molecule has 1 aromatic heterocycles. The number of carbonyl (C=O) groups excluding carboxylic acids is 3. The van der Waals surface area contributed by atoms with Crippen LogP contribution in [0, 0.1) is 6.92 Å². The van der Waals surface area contributed by atoms with Crippen molar-refractivity contribution in [1.82, 2.24) is 15.1 Å². The Morgan fingerprint density at radius 2 is 1.97 bits per heavy atom. The zero-order valence-electron chi connectivity index (χ0n) is 18.9. The van der Waals surface area contributed by atoms with Crippen molar-refractivity contribution in [2.45, 2.75) is 46.1 Å². The molecule has 33 heavy (non-hydrogen) atoms. The third-order valence-corrected chi connectivity index (χ3v) is 6.27. The third-order valence-electron chi connectivity index (χ3n) is 6.27. The highest BCUT2D eigenvalue weighted by molar-refractivity contribution is 6.31. The summed E-state index contributed by atoms with van der Waals surface area (Å²) in [4.78, 5) is 38.8. The number of rotatable bonds is 6. The molecule has 1 aliphatic carbocycles. The standard InChI is InChI=1S/C24H25N3O6/c1-12-20(30)18(14(3)28)22-19(21(12)31)24(4)16(33-22)11-15(29)17(23(24)32)13(2)25-7-5-9-27-10-6-8-26-27/h6,8,10-11,25,30-31H,5,7,9H2,1-4H3. The number of aromatic nitrogens is 2. The van der Waals surface area contributed by atoms with Gasteiger partial charge in [-0.1, -0.05) is 0 Å². The Kier molecular flexibility index (Phi) is 5.35. The van der Waals surface area contributed by atoms with Gasteiger partial charge in [-0.2, -0.15) is 5.10 Å². The van der Waals surface area contributed by atoms with Gasteiger partial charge in [0, 0.05) is 42.8 Å². The monoisotopic (exact) mass is 451 g/mol. The molecule has 0 amide bonds. The summed E-state index contributed by atoms with van der Waals surface area (Å²) in [5, 5.41) is 28.5. The van der Waals surface area contributed by atoms with Crippen LogP contribution in [-0.4, -0.2) is 43.9 Å². The number of aromatic hydroxyl groups is 2. The molecule has 1 aliphatic heterocycles. The van der Waals surface area contributed by atoms with Crippen molar-refractivity contribution in [2.75, 3.05) is 6.54 Å². The van der Waals surface area contributed by atoms with Crippen molar-refractivity contribution < 1.29 is 29.3 Å². The second kappa shape index (κ2) is 7.91. The van der Waals surface area contributed by atoms with Crippen molar-refractivity contribution in [3.63, 3.8) is 0 Å². The largest absolute Gasteiger partial charge is 0.507 e. The molecule has 0 fully saturated rings. The highest BCUT2D eigenvalue weighted by Crippen LogP contribution is 2.57. The van der Waals surface area contributed by atoms with Gasteiger partial charge in [0.2, 0.25) is 0 Å². The van der Waals surface area contributed by atoms with Gasteiger partial charge in [0.25, 0.3) is 0 Å². The molecule has 1 unspecified atom stereocenters. The maximum atomic E-state index is 13.7. The quantitative estimate of drug-likeness (QED) is 0.264. The lowest BCUT2D eigenvalue weighted by atomic mass is 9.70. The number of ether oxygens (including phenoxy) is 1. The minimum Gasteiger partial charge on any atom is -0.507 e. The van der Waals surface area contributed by atoms with Crippen LogP contribution in [0.25, 0.3) is 0 Å². The Morgan fingerprint density at radius 1 is 1.24 bits per heavy atom. The zero-order chi connectivity index (χ0) is 24.1. The Morgan fingerprint density at radius 3 is 2.61 bits per heavy atom. The van der Waals surface area contributed by atoms with Gasteiger partial charge in [0.1, 0.15) is 34.0 Å². The number of phenolic OH excluding ortho intramolecular Hbond substituents is 2. The fourth-order valence-corrected chi connectivity index (χ4v) is 4.40. The molecule has 0 spiro atoms. The summed E-state index contributed by atoms with van der Waals surface area (Å²) in [6, 6.07) is 1.83. The number of nitrogens with zero attached hydrogens (tertiary/aromatic N) is 2. The van der Waals surface area contributed by atoms with Crippen LogP contribution in [0.15, 0.2) is 41.6 Å². The number of aryl methyl sites for hydroxylation is 1. The Bertz CT molecular complexity index is 1260. The fourth-order valence-electron chi connectivity index (χ4n) is 4.40. The van der Waals surface area contributed by atoms with Crippen molar-refractivity contribution in [3.8, 4) is 17.2 Å². The molecule has 0 bridgehead atoms. The minimum absolute atomic E-state index is 0.0190. The molecule has 4 rings (SSSR count). The van der Waals surface area contributed by atoms with Crippen molar-refractivity contribution in [1.29, 1.82) is 0 Å². The second-order valence-corrected chi connectivity index (χ2v) is 8.44. The SMILES string of the molecule is CC(=O)c1c(O)c(C)c(O)c2c1OC1=CC(=O)C(=C(C)NCCCn3cccn3)C(=O)C12C. The van der Waals surface area contributed by atoms with Gasteiger partial charge in [0.05, 0.1) is 11.1 Å². The summed E-state index contributed by atoms with van der Waals surface area (Å²) in [5.74, 6) is -2.39. The first kappa shape index (κ1) is 22.3. The maximum Gasteiger partial charge on any atom is 0.194 e. The van der Waals surface area contributed by atoms with Crippen LogP contribution in [0.2, 0.25) is 0 Å².